The number of halogens is 1. The van der Waals surface area contributed by atoms with Crippen LogP contribution in [0.15, 0.2) is 42.5 Å². The summed E-state index contributed by atoms with van der Waals surface area (Å²) < 4.78 is 8.13. The lowest BCUT2D eigenvalue weighted by Crippen LogP contribution is -2.25. The van der Waals surface area contributed by atoms with Crippen LogP contribution in [0.4, 0.5) is 0 Å². The molecule has 0 spiro atoms. The second-order valence-corrected chi connectivity index (χ2v) is 7.71. The Hall–Kier alpha value is -2.04. The van der Waals surface area contributed by atoms with Crippen LogP contribution in [-0.2, 0) is 6.54 Å². The van der Waals surface area contributed by atoms with Crippen molar-refractivity contribution in [1.82, 2.24) is 9.55 Å². The van der Waals surface area contributed by atoms with Gasteiger partial charge in [0.15, 0.2) is 0 Å². The molecule has 4 rings (SSSR count). The zero-order chi connectivity index (χ0) is 18.8. The van der Waals surface area contributed by atoms with Crippen LogP contribution in [0, 0.1) is 13.8 Å². The Morgan fingerprint density at radius 1 is 1.11 bits per heavy atom. The van der Waals surface area contributed by atoms with Crippen LogP contribution in [0.25, 0.3) is 11.0 Å². The maximum Gasteiger partial charge on any atom is 0.122 e. The van der Waals surface area contributed by atoms with Gasteiger partial charge in [0.1, 0.15) is 24.3 Å². The van der Waals surface area contributed by atoms with Crippen LogP contribution in [0.1, 0.15) is 48.6 Å². The first-order valence-corrected chi connectivity index (χ1v) is 9.95. The van der Waals surface area contributed by atoms with E-state index in [2.05, 4.69) is 36.6 Å². The number of imidazole rings is 1. The molecule has 150 valence electrons. The predicted octanol–water partition coefficient (Wildman–Crippen LogP) is 5.17. The Morgan fingerprint density at radius 2 is 1.86 bits per heavy atom. The Morgan fingerprint density at radius 3 is 2.64 bits per heavy atom. The van der Waals surface area contributed by atoms with Gasteiger partial charge in [0.2, 0.25) is 0 Å². The molecule has 1 aliphatic carbocycles. The predicted molar refractivity (Wildman–Crippen MR) is 116 cm³/mol. The third kappa shape index (κ3) is 4.18. The average molecular weight is 401 g/mol. The molecule has 1 fully saturated rings. The Labute approximate surface area is 173 Å². The van der Waals surface area contributed by atoms with E-state index in [9.17, 15) is 5.11 Å². The lowest BCUT2D eigenvalue weighted by Gasteiger charge is -2.18. The Bertz CT molecular complexity index is 931. The number of ether oxygens (including phenoxy) is 1. The van der Waals surface area contributed by atoms with E-state index in [0.717, 1.165) is 28.2 Å². The summed E-state index contributed by atoms with van der Waals surface area (Å²) in [6, 6.07) is 14.2. The van der Waals surface area contributed by atoms with E-state index in [-0.39, 0.29) is 19.0 Å². The van der Waals surface area contributed by atoms with Gasteiger partial charge in [-0.2, -0.15) is 0 Å². The van der Waals surface area contributed by atoms with Gasteiger partial charge in [0.25, 0.3) is 0 Å². The Balaban J connectivity index is 0.00000225. The minimum Gasteiger partial charge on any atom is -0.491 e. The Kier molecular flexibility index (Phi) is 6.63. The van der Waals surface area contributed by atoms with Crippen molar-refractivity contribution < 1.29 is 9.84 Å². The summed E-state index contributed by atoms with van der Waals surface area (Å²) >= 11 is 0. The zero-order valence-electron chi connectivity index (χ0n) is 16.6. The monoisotopic (exact) mass is 400 g/mol. The van der Waals surface area contributed by atoms with Crippen LogP contribution < -0.4 is 4.74 Å². The second kappa shape index (κ2) is 8.97. The highest BCUT2D eigenvalue weighted by Gasteiger charge is 2.24. The lowest BCUT2D eigenvalue weighted by atomic mass is 10.1. The molecule has 0 aliphatic heterocycles. The number of rotatable bonds is 6. The summed E-state index contributed by atoms with van der Waals surface area (Å²) in [4.78, 5) is 4.90. The van der Waals surface area contributed by atoms with Gasteiger partial charge in [-0.05, 0) is 56.0 Å². The molecule has 28 heavy (non-hydrogen) atoms. The fourth-order valence-corrected chi connectivity index (χ4v) is 4.11. The van der Waals surface area contributed by atoms with E-state index < -0.39 is 6.10 Å². The number of nitrogens with zero attached hydrogens (tertiary/aromatic N) is 2. The van der Waals surface area contributed by atoms with Gasteiger partial charge < -0.3 is 14.4 Å². The first kappa shape index (κ1) is 20.7. The number of benzene rings is 2. The molecular weight excluding hydrogens is 372 g/mol. The quantitative estimate of drug-likeness (QED) is 0.620. The van der Waals surface area contributed by atoms with E-state index in [1.54, 1.807) is 0 Å². The maximum absolute atomic E-state index is 10.7. The number of hydrogen-bond acceptors (Lipinski definition) is 3. The SMILES string of the molecule is Cc1cccc(OCC(O)Cn2c(C3CCCC3)nc3ccccc32)c1C.Cl. The van der Waals surface area contributed by atoms with Gasteiger partial charge in [0.05, 0.1) is 17.6 Å². The lowest BCUT2D eigenvalue weighted by molar-refractivity contribution is 0.0921. The highest BCUT2D eigenvalue weighted by molar-refractivity contribution is 5.85. The minimum atomic E-state index is -0.581. The number of aryl methyl sites for hydroxylation is 1. The molecule has 4 nitrogen and oxygen atoms in total. The molecule has 1 saturated carbocycles. The molecule has 0 radical (unpaired) electrons. The van der Waals surface area contributed by atoms with E-state index in [0.29, 0.717) is 12.5 Å². The van der Waals surface area contributed by atoms with Gasteiger partial charge >= 0.3 is 0 Å². The van der Waals surface area contributed by atoms with Gasteiger partial charge in [-0.15, -0.1) is 12.4 Å². The van der Waals surface area contributed by atoms with Crippen LogP contribution in [0.2, 0.25) is 0 Å². The van der Waals surface area contributed by atoms with Crippen molar-refractivity contribution >= 4 is 23.4 Å². The van der Waals surface area contributed by atoms with Gasteiger partial charge in [-0.3, -0.25) is 0 Å². The van der Waals surface area contributed by atoms with Crippen LogP contribution in [-0.4, -0.2) is 27.4 Å². The molecule has 0 saturated heterocycles. The fourth-order valence-electron chi connectivity index (χ4n) is 4.11. The molecule has 1 unspecified atom stereocenters. The third-order valence-electron chi connectivity index (χ3n) is 5.78. The highest BCUT2D eigenvalue weighted by atomic mass is 35.5. The maximum atomic E-state index is 10.7. The van der Waals surface area contributed by atoms with Crippen molar-refractivity contribution in [3.05, 3.63) is 59.4 Å². The van der Waals surface area contributed by atoms with Crippen LogP contribution >= 0.6 is 12.4 Å². The molecule has 1 aromatic heterocycles. The van der Waals surface area contributed by atoms with Gasteiger partial charge in [-0.25, -0.2) is 4.98 Å². The van der Waals surface area contributed by atoms with Gasteiger partial charge in [-0.1, -0.05) is 37.1 Å². The first-order valence-electron chi connectivity index (χ1n) is 9.95. The number of aromatic nitrogens is 2. The number of fused-ring (bicyclic) bond motifs is 1. The smallest absolute Gasteiger partial charge is 0.122 e. The molecule has 3 aromatic rings. The molecule has 1 N–H and O–H groups in total. The van der Waals surface area contributed by atoms with E-state index in [1.807, 2.05) is 24.3 Å². The summed E-state index contributed by atoms with van der Waals surface area (Å²) in [7, 11) is 0. The molecule has 5 heteroatoms. The third-order valence-corrected chi connectivity index (χ3v) is 5.78. The van der Waals surface area contributed by atoms with Crippen LogP contribution in [0.5, 0.6) is 5.75 Å². The van der Waals surface area contributed by atoms with Gasteiger partial charge in [0, 0.05) is 5.92 Å². The second-order valence-electron chi connectivity index (χ2n) is 7.71. The van der Waals surface area contributed by atoms with Crippen molar-refractivity contribution in [2.45, 2.75) is 58.1 Å². The van der Waals surface area contributed by atoms with Crippen molar-refractivity contribution in [2.75, 3.05) is 6.61 Å². The normalized spacial score (nSPS) is 15.5. The highest BCUT2D eigenvalue weighted by Crippen LogP contribution is 2.35. The number of para-hydroxylation sites is 2. The molecule has 1 heterocycles. The topological polar surface area (TPSA) is 47.3 Å². The van der Waals surface area contributed by atoms with Crippen molar-refractivity contribution in [3.63, 3.8) is 0 Å². The summed E-state index contributed by atoms with van der Waals surface area (Å²) in [5, 5.41) is 10.7. The first-order chi connectivity index (χ1) is 13.1. The minimum absolute atomic E-state index is 0. The number of aliphatic hydroxyl groups is 1. The summed E-state index contributed by atoms with van der Waals surface area (Å²) in [6.07, 6.45) is 4.34. The molecule has 2 aromatic carbocycles. The summed E-state index contributed by atoms with van der Waals surface area (Å²) in [6.45, 7) is 4.92. The average Bonchev–Trinajstić information content (AvgIpc) is 3.31. The molecule has 0 bridgehead atoms. The summed E-state index contributed by atoms with van der Waals surface area (Å²) in [5.74, 6) is 2.48. The van der Waals surface area contributed by atoms with Crippen molar-refractivity contribution in [1.29, 1.82) is 0 Å². The molecule has 0 amide bonds. The van der Waals surface area contributed by atoms with Crippen molar-refractivity contribution in [3.8, 4) is 5.75 Å². The molecule has 1 atom stereocenters. The van der Waals surface area contributed by atoms with Crippen molar-refractivity contribution in [2.24, 2.45) is 0 Å². The number of aliphatic hydroxyl groups excluding tert-OH is 1. The van der Waals surface area contributed by atoms with E-state index in [1.165, 1.54) is 31.2 Å². The van der Waals surface area contributed by atoms with Crippen LogP contribution in [0.3, 0.4) is 0 Å². The molecular formula is C23H29ClN2O2. The fraction of sp³-hybridized carbons (Fsp3) is 0.435. The van der Waals surface area contributed by atoms with E-state index in [4.69, 9.17) is 9.72 Å². The largest absolute Gasteiger partial charge is 0.491 e. The molecule has 1 aliphatic rings. The zero-order valence-corrected chi connectivity index (χ0v) is 17.4. The standard InChI is InChI=1S/C23H28N2O2.ClH/c1-16-8-7-13-22(17(16)2)27-15-19(26)14-25-21-12-6-5-11-20(21)24-23(25)18-9-3-4-10-18;/h5-8,11-13,18-19,26H,3-4,9-10,14-15H2,1-2H3;1H. The summed E-state index contributed by atoms with van der Waals surface area (Å²) in [5.41, 5.74) is 4.45. The number of hydrogen-bond donors (Lipinski definition) is 1. The van der Waals surface area contributed by atoms with E-state index >= 15 is 0 Å².